The van der Waals surface area contributed by atoms with Gasteiger partial charge in [-0.1, -0.05) is 13.5 Å². The number of ether oxygens (including phenoxy) is 1. The maximum absolute atomic E-state index is 11.0. The van der Waals surface area contributed by atoms with Crippen molar-refractivity contribution in [2.75, 3.05) is 6.61 Å². The van der Waals surface area contributed by atoms with E-state index in [1.165, 1.54) is 12.1 Å². The average molecular weight is 294 g/mol. The summed E-state index contributed by atoms with van der Waals surface area (Å²) in [5.41, 5.74) is 1.34. The minimum absolute atomic E-state index is 0. The van der Waals surface area contributed by atoms with E-state index in [2.05, 4.69) is 6.58 Å². The van der Waals surface area contributed by atoms with E-state index in [1.54, 1.807) is 13.0 Å². The molecule has 0 unspecified atom stereocenters. The van der Waals surface area contributed by atoms with Gasteiger partial charge in [-0.15, -0.1) is 0 Å². The monoisotopic (exact) mass is 294 g/mol. The van der Waals surface area contributed by atoms with Crippen LogP contribution in [0, 0.1) is 0 Å². The summed E-state index contributed by atoms with van der Waals surface area (Å²) >= 11 is 0. The van der Waals surface area contributed by atoms with E-state index in [0.29, 0.717) is 24.3 Å². The SMILES string of the molecule is C=C(C)COc1ccc(S(=O)(=O)[O-])c(CC)c1.[K+]. The fraction of sp³-hybridized carbons (Fsp3) is 0.333. The molecule has 4 nitrogen and oxygen atoms in total. The van der Waals surface area contributed by atoms with Crippen molar-refractivity contribution < 1.29 is 69.1 Å². The molecule has 0 aromatic heterocycles. The zero-order chi connectivity index (χ0) is 13.1. The van der Waals surface area contributed by atoms with Crippen LogP contribution in [0.5, 0.6) is 5.75 Å². The number of benzene rings is 1. The first kappa shape index (κ1) is 18.3. The van der Waals surface area contributed by atoms with Crippen LogP contribution in [0.25, 0.3) is 0 Å². The molecule has 0 radical (unpaired) electrons. The van der Waals surface area contributed by atoms with E-state index in [9.17, 15) is 13.0 Å². The first-order chi connectivity index (χ1) is 7.84. The van der Waals surface area contributed by atoms with Gasteiger partial charge in [0.15, 0.2) is 0 Å². The fourth-order valence-electron chi connectivity index (χ4n) is 1.37. The van der Waals surface area contributed by atoms with E-state index >= 15 is 0 Å². The predicted molar refractivity (Wildman–Crippen MR) is 64.1 cm³/mol. The molecule has 1 rings (SSSR count). The van der Waals surface area contributed by atoms with E-state index in [4.69, 9.17) is 4.74 Å². The second kappa shape index (κ2) is 7.79. The van der Waals surface area contributed by atoms with Gasteiger partial charge in [-0.25, -0.2) is 8.42 Å². The van der Waals surface area contributed by atoms with Crippen LogP contribution in [0.2, 0.25) is 0 Å². The molecule has 0 aliphatic rings. The number of rotatable bonds is 5. The summed E-state index contributed by atoms with van der Waals surface area (Å²) in [6, 6.07) is 4.34. The Balaban J connectivity index is 0.00000289. The minimum Gasteiger partial charge on any atom is -0.744 e. The van der Waals surface area contributed by atoms with Gasteiger partial charge < -0.3 is 9.29 Å². The zero-order valence-corrected chi connectivity index (χ0v) is 14.8. The third-order valence-electron chi connectivity index (χ3n) is 2.17. The van der Waals surface area contributed by atoms with Gasteiger partial charge in [0, 0.05) is 0 Å². The minimum atomic E-state index is -4.42. The van der Waals surface area contributed by atoms with Crippen molar-refractivity contribution in [1.29, 1.82) is 0 Å². The van der Waals surface area contributed by atoms with Crippen LogP contribution in [-0.4, -0.2) is 19.6 Å². The first-order valence-corrected chi connectivity index (χ1v) is 6.61. The first-order valence-electron chi connectivity index (χ1n) is 5.20. The van der Waals surface area contributed by atoms with Crippen LogP contribution in [0.3, 0.4) is 0 Å². The number of aryl methyl sites for hydroxylation is 1. The Morgan fingerprint density at radius 3 is 2.50 bits per heavy atom. The molecule has 94 valence electrons. The van der Waals surface area contributed by atoms with Gasteiger partial charge in [-0.3, -0.25) is 0 Å². The fourth-order valence-corrected chi connectivity index (χ4v) is 2.13. The Morgan fingerprint density at radius 2 is 2.06 bits per heavy atom. The van der Waals surface area contributed by atoms with E-state index in [-0.39, 0.29) is 56.3 Å². The van der Waals surface area contributed by atoms with Gasteiger partial charge in [-0.05, 0) is 42.7 Å². The van der Waals surface area contributed by atoms with Crippen molar-refractivity contribution in [3.05, 3.63) is 35.9 Å². The van der Waals surface area contributed by atoms with Crippen LogP contribution in [0.1, 0.15) is 19.4 Å². The van der Waals surface area contributed by atoms with Gasteiger partial charge in [0.1, 0.15) is 22.5 Å². The Labute approximate surface area is 151 Å². The molecule has 0 bridgehead atoms. The topological polar surface area (TPSA) is 66.4 Å². The molecule has 0 spiro atoms. The summed E-state index contributed by atoms with van der Waals surface area (Å²) in [4.78, 5) is -0.178. The zero-order valence-electron chi connectivity index (χ0n) is 10.9. The summed E-state index contributed by atoms with van der Waals surface area (Å²) in [6.45, 7) is 7.68. The van der Waals surface area contributed by atoms with Gasteiger partial charge in [0.05, 0.1) is 4.90 Å². The van der Waals surface area contributed by atoms with Crippen LogP contribution in [-0.2, 0) is 16.5 Å². The van der Waals surface area contributed by atoms with E-state index < -0.39 is 10.1 Å². The number of hydrogen-bond acceptors (Lipinski definition) is 4. The predicted octanol–water partition coefficient (Wildman–Crippen LogP) is -0.888. The summed E-state index contributed by atoms with van der Waals surface area (Å²) in [5, 5.41) is 0. The Kier molecular flexibility index (Phi) is 7.92. The van der Waals surface area contributed by atoms with Crippen LogP contribution in [0.4, 0.5) is 0 Å². The van der Waals surface area contributed by atoms with E-state index in [0.717, 1.165) is 5.57 Å². The molecule has 1 aromatic carbocycles. The molecular weight excluding hydrogens is 279 g/mol. The second-order valence-electron chi connectivity index (χ2n) is 3.82. The third-order valence-corrected chi connectivity index (χ3v) is 3.10. The molecule has 0 fully saturated rings. The van der Waals surface area contributed by atoms with E-state index in [1.807, 2.05) is 6.92 Å². The summed E-state index contributed by atoms with van der Waals surface area (Å²) in [5.74, 6) is 0.539. The van der Waals surface area contributed by atoms with Crippen molar-refractivity contribution >= 4 is 10.1 Å². The molecule has 1 aromatic rings. The van der Waals surface area contributed by atoms with Gasteiger partial charge in [0.25, 0.3) is 0 Å². The van der Waals surface area contributed by atoms with Crippen LogP contribution in [0.15, 0.2) is 35.2 Å². The number of hydrogen-bond donors (Lipinski definition) is 0. The standard InChI is InChI=1S/C12H16O4S.K/c1-4-10-7-11(16-8-9(2)3)5-6-12(10)17(13,14)15;/h5-7H,2,4,8H2,1,3H3,(H,13,14,15);/q;+1/p-1. The maximum Gasteiger partial charge on any atom is 1.00 e. The average Bonchev–Trinajstić information content (AvgIpc) is 2.24. The third kappa shape index (κ3) is 5.52. The smallest absolute Gasteiger partial charge is 0.744 e. The molecule has 0 saturated heterocycles. The van der Waals surface area contributed by atoms with Crippen molar-refractivity contribution in [1.82, 2.24) is 0 Å². The molecular formula is C12H15KO4S. The van der Waals surface area contributed by atoms with Crippen molar-refractivity contribution in [3.63, 3.8) is 0 Å². The molecule has 0 aliphatic heterocycles. The molecule has 0 atom stereocenters. The van der Waals surface area contributed by atoms with Gasteiger partial charge in [-0.2, -0.15) is 0 Å². The second-order valence-corrected chi connectivity index (χ2v) is 5.17. The summed E-state index contributed by atoms with van der Waals surface area (Å²) in [7, 11) is -4.42. The van der Waals surface area contributed by atoms with Crippen LogP contribution < -0.4 is 56.1 Å². The summed E-state index contributed by atoms with van der Waals surface area (Å²) < 4.78 is 38.3. The van der Waals surface area contributed by atoms with Crippen molar-refractivity contribution in [2.45, 2.75) is 25.2 Å². The Bertz CT molecular complexity index is 523. The van der Waals surface area contributed by atoms with Crippen LogP contribution >= 0.6 is 0 Å². The largest absolute Gasteiger partial charge is 1.00 e. The molecule has 0 amide bonds. The normalized spacial score (nSPS) is 10.6. The molecule has 0 N–H and O–H groups in total. The molecule has 6 heteroatoms. The molecule has 0 saturated carbocycles. The van der Waals surface area contributed by atoms with Crippen molar-refractivity contribution in [3.8, 4) is 5.75 Å². The summed E-state index contributed by atoms with van der Waals surface area (Å²) in [6.07, 6.45) is 0.459. The Morgan fingerprint density at radius 1 is 1.44 bits per heavy atom. The molecule has 0 heterocycles. The molecule has 0 aliphatic carbocycles. The van der Waals surface area contributed by atoms with Gasteiger partial charge in [0.2, 0.25) is 0 Å². The quantitative estimate of drug-likeness (QED) is 0.401. The van der Waals surface area contributed by atoms with Gasteiger partial charge >= 0.3 is 51.4 Å². The Hall–Kier alpha value is 0.306. The van der Waals surface area contributed by atoms with Crippen molar-refractivity contribution in [2.24, 2.45) is 0 Å². The molecule has 18 heavy (non-hydrogen) atoms. The maximum atomic E-state index is 11.0.